The smallest absolute Gasteiger partial charge is 0.146 e. The second kappa shape index (κ2) is 6.10. The maximum atomic E-state index is 13.7. The van der Waals surface area contributed by atoms with Gasteiger partial charge in [-0.2, -0.15) is 0 Å². The fourth-order valence-corrected chi connectivity index (χ4v) is 2.12. The Morgan fingerprint density at radius 3 is 3.00 bits per heavy atom. The summed E-state index contributed by atoms with van der Waals surface area (Å²) in [5.74, 6) is 0.699. The van der Waals surface area contributed by atoms with E-state index < -0.39 is 0 Å². The average Bonchev–Trinajstić information content (AvgIpc) is 3.15. The van der Waals surface area contributed by atoms with E-state index in [4.69, 9.17) is 0 Å². The van der Waals surface area contributed by atoms with E-state index in [1.807, 2.05) is 0 Å². The lowest BCUT2D eigenvalue weighted by Crippen LogP contribution is -2.24. The van der Waals surface area contributed by atoms with E-state index in [9.17, 15) is 4.39 Å². The van der Waals surface area contributed by atoms with Gasteiger partial charge in [-0.05, 0) is 43.9 Å². The van der Waals surface area contributed by atoms with Crippen LogP contribution >= 0.6 is 0 Å². The van der Waals surface area contributed by atoms with Crippen molar-refractivity contribution in [3.05, 3.63) is 29.8 Å². The Labute approximate surface area is 103 Å². The quantitative estimate of drug-likeness (QED) is 0.784. The lowest BCUT2D eigenvalue weighted by Gasteiger charge is -2.18. The van der Waals surface area contributed by atoms with Crippen molar-refractivity contribution < 1.29 is 4.39 Å². The van der Waals surface area contributed by atoms with E-state index >= 15 is 0 Å². The van der Waals surface area contributed by atoms with Gasteiger partial charge in [0.25, 0.3) is 0 Å². The van der Waals surface area contributed by atoms with Crippen LogP contribution in [0.2, 0.25) is 0 Å². The molecule has 0 spiro atoms. The number of hydrogen-bond donors (Lipinski definition) is 1. The molecule has 0 aliphatic heterocycles. The summed E-state index contributed by atoms with van der Waals surface area (Å²) in [5, 5.41) is 3.41. The number of rotatable bonds is 7. The fraction of sp³-hybridized carbons (Fsp3) is 0.643. The first-order valence-electron chi connectivity index (χ1n) is 6.65. The Kier molecular flexibility index (Phi) is 4.49. The maximum absolute atomic E-state index is 13.7. The minimum absolute atomic E-state index is 0.0803. The Hall–Kier alpha value is -0.960. The van der Waals surface area contributed by atoms with Gasteiger partial charge in [0.15, 0.2) is 0 Å². The summed E-state index contributed by atoms with van der Waals surface area (Å²) in [7, 11) is 0. The van der Waals surface area contributed by atoms with E-state index in [2.05, 4.69) is 17.2 Å². The zero-order valence-corrected chi connectivity index (χ0v) is 10.5. The Balaban J connectivity index is 1.99. The molecule has 0 saturated heterocycles. The summed E-state index contributed by atoms with van der Waals surface area (Å²) in [6.07, 6.45) is 7.64. The Bertz CT molecular complexity index is 350. The lowest BCUT2D eigenvalue weighted by atomic mass is 10.0. The van der Waals surface area contributed by atoms with Gasteiger partial charge in [-0.25, -0.2) is 4.39 Å². The highest BCUT2D eigenvalue weighted by molar-refractivity contribution is 5.11. The topological polar surface area (TPSA) is 24.9 Å². The highest BCUT2D eigenvalue weighted by Crippen LogP contribution is 2.35. The summed E-state index contributed by atoms with van der Waals surface area (Å²) in [6, 6.07) is 3.23. The van der Waals surface area contributed by atoms with E-state index in [0.717, 1.165) is 25.3 Å². The molecule has 17 heavy (non-hydrogen) atoms. The number of hydrogen-bond acceptors (Lipinski definition) is 2. The second-order valence-electron chi connectivity index (χ2n) is 4.90. The zero-order chi connectivity index (χ0) is 12.1. The normalized spacial score (nSPS) is 17.1. The maximum Gasteiger partial charge on any atom is 0.146 e. The molecule has 94 valence electrons. The molecule has 1 aliphatic rings. The summed E-state index contributed by atoms with van der Waals surface area (Å²) in [4.78, 5) is 4.19. The monoisotopic (exact) mass is 236 g/mol. The molecule has 0 aromatic carbocycles. The first-order chi connectivity index (χ1) is 8.31. The van der Waals surface area contributed by atoms with Crippen LogP contribution in [0.15, 0.2) is 18.3 Å². The van der Waals surface area contributed by atoms with Gasteiger partial charge in [0.05, 0.1) is 11.7 Å². The van der Waals surface area contributed by atoms with Gasteiger partial charge in [0.2, 0.25) is 0 Å². The van der Waals surface area contributed by atoms with Gasteiger partial charge in [0.1, 0.15) is 5.82 Å². The molecule has 0 bridgehead atoms. The Morgan fingerprint density at radius 2 is 2.35 bits per heavy atom. The molecule has 2 nitrogen and oxygen atoms in total. The third kappa shape index (κ3) is 3.77. The molecule has 3 heteroatoms. The fourth-order valence-electron chi connectivity index (χ4n) is 2.12. The molecule has 1 fully saturated rings. The molecular formula is C14H21FN2. The van der Waals surface area contributed by atoms with Crippen molar-refractivity contribution in [1.29, 1.82) is 0 Å². The van der Waals surface area contributed by atoms with Gasteiger partial charge in [-0.1, -0.05) is 19.8 Å². The lowest BCUT2D eigenvalue weighted by molar-refractivity contribution is 0.439. The van der Waals surface area contributed by atoms with Crippen molar-refractivity contribution in [2.75, 3.05) is 6.54 Å². The van der Waals surface area contributed by atoms with Crippen LogP contribution < -0.4 is 5.32 Å². The molecule has 1 N–H and O–H groups in total. The van der Waals surface area contributed by atoms with Crippen LogP contribution in [0.4, 0.5) is 4.39 Å². The molecule has 1 aromatic rings. The number of aromatic nitrogens is 1. The predicted octanol–water partition coefficient (Wildman–Crippen LogP) is 3.45. The molecule has 1 unspecified atom stereocenters. The molecule has 1 heterocycles. The van der Waals surface area contributed by atoms with E-state index in [0.29, 0.717) is 5.69 Å². The van der Waals surface area contributed by atoms with Gasteiger partial charge < -0.3 is 5.32 Å². The first kappa shape index (κ1) is 12.5. The number of nitrogens with zero attached hydrogens (tertiary/aromatic N) is 1. The van der Waals surface area contributed by atoms with Crippen LogP contribution in [0.1, 0.15) is 50.8 Å². The highest BCUT2D eigenvalue weighted by atomic mass is 19.1. The van der Waals surface area contributed by atoms with E-state index in [1.54, 1.807) is 12.3 Å². The van der Waals surface area contributed by atoms with Crippen molar-refractivity contribution >= 4 is 0 Å². The third-order valence-corrected chi connectivity index (χ3v) is 3.32. The third-order valence-electron chi connectivity index (χ3n) is 3.32. The van der Waals surface area contributed by atoms with Crippen molar-refractivity contribution in [2.45, 2.75) is 45.1 Å². The minimum Gasteiger partial charge on any atom is -0.309 e. The predicted molar refractivity (Wildman–Crippen MR) is 67.2 cm³/mol. The molecule has 0 radical (unpaired) electrons. The van der Waals surface area contributed by atoms with Crippen LogP contribution in [-0.2, 0) is 0 Å². The summed E-state index contributed by atoms with van der Waals surface area (Å²) in [6.45, 7) is 3.05. The Morgan fingerprint density at radius 1 is 1.53 bits per heavy atom. The van der Waals surface area contributed by atoms with Crippen molar-refractivity contribution in [3.63, 3.8) is 0 Å². The SMILES string of the molecule is CCCNC(CCC1CC1)c1ncccc1F. The minimum atomic E-state index is -0.183. The first-order valence-corrected chi connectivity index (χ1v) is 6.65. The van der Waals surface area contributed by atoms with Crippen LogP contribution in [0, 0.1) is 11.7 Å². The average molecular weight is 236 g/mol. The van der Waals surface area contributed by atoms with Crippen LogP contribution in [-0.4, -0.2) is 11.5 Å². The van der Waals surface area contributed by atoms with Crippen LogP contribution in [0.5, 0.6) is 0 Å². The van der Waals surface area contributed by atoms with E-state index in [-0.39, 0.29) is 11.9 Å². The summed E-state index contributed by atoms with van der Waals surface area (Å²) < 4.78 is 13.7. The molecule has 1 aliphatic carbocycles. The van der Waals surface area contributed by atoms with Crippen LogP contribution in [0.25, 0.3) is 0 Å². The van der Waals surface area contributed by atoms with Crippen LogP contribution in [0.3, 0.4) is 0 Å². The molecule has 0 amide bonds. The van der Waals surface area contributed by atoms with Gasteiger partial charge in [0, 0.05) is 6.20 Å². The standard InChI is InChI=1S/C14H21FN2/c1-2-9-16-13(8-7-11-5-6-11)14-12(15)4-3-10-17-14/h3-4,10-11,13,16H,2,5-9H2,1H3. The van der Waals surface area contributed by atoms with Crippen molar-refractivity contribution in [3.8, 4) is 0 Å². The highest BCUT2D eigenvalue weighted by Gasteiger charge is 2.24. The van der Waals surface area contributed by atoms with Gasteiger partial charge >= 0.3 is 0 Å². The van der Waals surface area contributed by atoms with E-state index in [1.165, 1.54) is 25.3 Å². The summed E-state index contributed by atoms with van der Waals surface area (Å²) in [5.41, 5.74) is 0.585. The molecular weight excluding hydrogens is 215 g/mol. The van der Waals surface area contributed by atoms with Gasteiger partial charge in [-0.3, -0.25) is 4.98 Å². The molecule has 2 rings (SSSR count). The molecule has 1 aromatic heterocycles. The number of pyridine rings is 1. The largest absolute Gasteiger partial charge is 0.309 e. The summed E-state index contributed by atoms with van der Waals surface area (Å²) >= 11 is 0. The van der Waals surface area contributed by atoms with Crippen molar-refractivity contribution in [2.24, 2.45) is 5.92 Å². The molecule has 1 atom stereocenters. The molecule has 1 saturated carbocycles. The van der Waals surface area contributed by atoms with Crippen molar-refractivity contribution in [1.82, 2.24) is 10.3 Å². The van der Waals surface area contributed by atoms with Gasteiger partial charge in [-0.15, -0.1) is 0 Å². The second-order valence-corrected chi connectivity index (χ2v) is 4.90. The number of halogens is 1. The zero-order valence-electron chi connectivity index (χ0n) is 10.5. The number of nitrogens with one attached hydrogen (secondary N) is 1.